The van der Waals surface area contributed by atoms with Crippen molar-refractivity contribution in [2.45, 2.75) is 45.4 Å². The molecule has 2 aromatic heterocycles. The zero-order valence-corrected chi connectivity index (χ0v) is 14.8. The van der Waals surface area contributed by atoms with E-state index in [2.05, 4.69) is 10.2 Å². The summed E-state index contributed by atoms with van der Waals surface area (Å²) in [6, 6.07) is 3.63. The summed E-state index contributed by atoms with van der Waals surface area (Å²) in [6.45, 7) is 7.05. The number of piperidine rings is 1. The summed E-state index contributed by atoms with van der Waals surface area (Å²) >= 11 is 0. The number of nitrogens with two attached hydrogens (primary N) is 1. The molecule has 0 saturated carbocycles. The van der Waals surface area contributed by atoms with Crippen LogP contribution in [-0.2, 0) is 4.79 Å². The summed E-state index contributed by atoms with van der Waals surface area (Å²) in [6.07, 6.45) is 1.86. The minimum absolute atomic E-state index is 0.100. The molecule has 0 bridgehead atoms. The lowest BCUT2D eigenvalue weighted by molar-refractivity contribution is -0.133. The molecule has 3 heterocycles. The van der Waals surface area contributed by atoms with Crippen LogP contribution in [0.5, 0.6) is 0 Å². The van der Waals surface area contributed by atoms with E-state index in [4.69, 9.17) is 10.2 Å². The number of carbonyl (C=O) groups is 2. The highest BCUT2D eigenvalue weighted by Gasteiger charge is 2.30. The second-order valence-electron chi connectivity index (χ2n) is 6.79. The minimum Gasteiger partial charge on any atom is -0.466 e. The number of aromatic nitrogens is 2. The average molecular weight is 344 g/mol. The maximum absolute atomic E-state index is 12.9. The molecule has 0 unspecified atom stereocenters. The van der Waals surface area contributed by atoms with Gasteiger partial charge in [0, 0.05) is 30.3 Å². The van der Waals surface area contributed by atoms with E-state index in [0.29, 0.717) is 6.54 Å². The highest BCUT2D eigenvalue weighted by Crippen LogP contribution is 2.30. The van der Waals surface area contributed by atoms with Crippen molar-refractivity contribution in [3.05, 3.63) is 40.6 Å². The Hall–Kier alpha value is -2.57. The molecule has 3 N–H and O–H groups in total. The fourth-order valence-corrected chi connectivity index (χ4v) is 3.59. The number of hydrogen-bond donors (Lipinski definition) is 2. The first-order valence-electron chi connectivity index (χ1n) is 8.57. The topological polar surface area (TPSA) is 105 Å². The lowest BCUT2D eigenvalue weighted by atomic mass is 9.92. The highest BCUT2D eigenvalue weighted by atomic mass is 16.3. The van der Waals surface area contributed by atoms with Crippen LogP contribution in [0.3, 0.4) is 0 Å². The van der Waals surface area contributed by atoms with Crippen molar-refractivity contribution < 1.29 is 14.0 Å². The number of hydrogen-bond acceptors (Lipinski definition) is 4. The Labute approximate surface area is 146 Å². The maximum atomic E-state index is 12.9. The molecule has 3 rings (SSSR count). The van der Waals surface area contributed by atoms with Crippen molar-refractivity contribution in [3.63, 3.8) is 0 Å². The maximum Gasteiger partial charge on any atom is 0.269 e. The zero-order valence-electron chi connectivity index (χ0n) is 14.8. The Morgan fingerprint density at radius 1 is 1.40 bits per heavy atom. The number of nitrogens with one attached hydrogen (secondary N) is 1. The summed E-state index contributed by atoms with van der Waals surface area (Å²) < 4.78 is 5.56. The average Bonchev–Trinajstić information content (AvgIpc) is 3.20. The normalized spacial score (nSPS) is 19.0. The van der Waals surface area contributed by atoms with Gasteiger partial charge in [-0.15, -0.1) is 0 Å². The van der Waals surface area contributed by atoms with E-state index in [1.54, 1.807) is 6.07 Å². The molecule has 7 nitrogen and oxygen atoms in total. The third-order valence-electron chi connectivity index (χ3n) is 4.94. The van der Waals surface area contributed by atoms with Crippen molar-refractivity contribution in [3.8, 4) is 0 Å². The number of aromatic amines is 1. The molecule has 1 saturated heterocycles. The molecule has 2 aromatic rings. The third-order valence-corrected chi connectivity index (χ3v) is 4.94. The van der Waals surface area contributed by atoms with Gasteiger partial charge in [-0.1, -0.05) is 0 Å². The number of furan rings is 1. The molecule has 25 heavy (non-hydrogen) atoms. The number of nitrogens with zero attached hydrogens (tertiary/aromatic N) is 2. The number of likely N-dealkylation sites (tertiary alicyclic amines) is 1. The van der Waals surface area contributed by atoms with Crippen LogP contribution in [0.15, 0.2) is 16.5 Å². The molecule has 7 heteroatoms. The van der Waals surface area contributed by atoms with E-state index in [1.807, 2.05) is 31.7 Å². The molecule has 0 spiro atoms. The second-order valence-corrected chi connectivity index (χ2v) is 6.79. The second kappa shape index (κ2) is 6.74. The monoisotopic (exact) mass is 344 g/mol. The molecule has 134 valence electrons. The first-order chi connectivity index (χ1) is 11.9. The van der Waals surface area contributed by atoms with Gasteiger partial charge in [-0.05, 0) is 45.7 Å². The molecule has 0 aromatic carbocycles. The summed E-state index contributed by atoms with van der Waals surface area (Å²) in [5.41, 5.74) is 7.29. The fourth-order valence-electron chi connectivity index (χ4n) is 3.59. The van der Waals surface area contributed by atoms with Gasteiger partial charge in [0.25, 0.3) is 5.91 Å². The van der Waals surface area contributed by atoms with Gasteiger partial charge in [0.1, 0.15) is 17.2 Å². The zero-order chi connectivity index (χ0) is 18.1. The molecular formula is C18H24N4O3. The van der Waals surface area contributed by atoms with Crippen molar-refractivity contribution in [2.24, 2.45) is 5.73 Å². The summed E-state index contributed by atoms with van der Waals surface area (Å²) in [7, 11) is 0. The van der Waals surface area contributed by atoms with Gasteiger partial charge >= 0.3 is 0 Å². The van der Waals surface area contributed by atoms with Crippen LogP contribution in [-0.4, -0.2) is 40.0 Å². The lowest BCUT2D eigenvalue weighted by Gasteiger charge is -2.34. The summed E-state index contributed by atoms with van der Waals surface area (Å²) in [5, 5.41) is 6.83. The van der Waals surface area contributed by atoms with Crippen molar-refractivity contribution in [2.75, 3.05) is 13.1 Å². The smallest absolute Gasteiger partial charge is 0.269 e. The van der Waals surface area contributed by atoms with Crippen LogP contribution in [0.25, 0.3) is 0 Å². The predicted octanol–water partition coefficient (Wildman–Crippen LogP) is 2.23. The minimum atomic E-state index is -0.550. The molecule has 2 atom stereocenters. The summed E-state index contributed by atoms with van der Waals surface area (Å²) in [5.74, 6) is 1.07. The molecule has 1 aliphatic rings. The predicted molar refractivity (Wildman–Crippen MR) is 92.3 cm³/mol. The van der Waals surface area contributed by atoms with Gasteiger partial charge in [0.15, 0.2) is 0 Å². The Morgan fingerprint density at radius 3 is 2.76 bits per heavy atom. The number of rotatable bonds is 4. The van der Waals surface area contributed by atoms with Crippen LogP contribution in [0.2, 0.25) is 0 Å². The molecule has 1 aliphatic heterocycles. The number of H-pyrrole nitrogens is 1. The van der Waals surface area contributed by atoms with Gasteiger partial charge < -0.3 is 15.1 Å². The van der Waals surface area contributed by atoms with Crippen LogP contribution in [0.4, 0.5) is 0 Å². The molecule has 0 aliphatic carbocycles. The van der Waals surface area contributed by atoms with Gasteiger partial charge in [-0.2, -0.15) is 5.10 Å². The largest absolute Gasteiger partial charge is 0.466 e. The Kier molecular flexibility index (Phi) is 4.65. The van der Waals surface area contributed by atoms with E-state index in [9.17, 15) is 9.59 Å². The number of amides is 2. The number of aryl methyl sites for hydroxylation is 2. The quantitative estimate of drug-likeness (QED) is 0.887. The van der Waals surface area contributed by atoms with Gasteiger partial charge in [-0.25, -0.2) is 0 Å². The first-order valence-corrected chi connectivity index (χ1v) is 8.57. The van der Waals surface area contributed by atoms with E-state index in [-0.39, 0.29) is 23.4 Å². The highest BCUT2D eigenvalue weighted by molar-refractivity contribution is 5.90. The van der Waals surface area contributed by atoms with Gasteiger partial charge in [0.2, 0.25) is 5.91 Å². The number of carbonyl (C=O) groups excluding carboxylic acids is 2. The van der Waals surface area contributed by atoms with E-state index in [1.165, 1.54) is 0 Å². The Bertz CT molecular complexity index is 792. The standard InChI is InChI=1S/C18H24N4O3/c1-10-7-14(12(3)25-10)11(2)18(24)22-6-4-5-13(9-22)15-8-16(17(19)23)21-20-15/h7-8,11,13H,4-6,9H2,1-3H3,(H2,19,23)(H,20,21)/t11-,13+/m0/s1. The van der Waals surface area contributed by atoms with Crippen LogP contribution >= 0.6 is 0 Å². The van der Waals surface area contributed by atoms with Crippen molar-refractivity contribution >= 4 is 11.8 Å². The van der Waals surface area contributed by atoms with Crippen LogP contribution < -0.4 is 5.73 Å². The summed E-state index contributed by atoms with van der Waals surface area (Å²) in [4.78, 5) is 26.0. The first kappa shape index (κ1) is 17.3. The fraction of sp³-hybridized carbons (Fsp3) is 0.500. The Balaban J connectivity index is 1.72. The molecule has 0 radical (unpaired) electrons. The van der Waals surface area contributed by atoms with E-state index < -0.39 is 5.91 Å². The lowest BCUT2D eigenvalue weighted by Crippen LogP contribution is -2.41. The van der Waals surface area contributed by atoms with Gasteiger partial charge in [0.05, 0.1) is 5.92 Å². The number of primary amides is 1. The molecular weight excluding hydrogens is 320 g/mol. The van der Waals surface area contributed by atoms with Crippen LogP contribution in [0.1, 0.15) is 64.9 Å². The molecule has 1 fully saturated rings. The van der Waals surface area contributed by atoms with E-state index >= 15 is 0 Å². The van der Waals surface area contributed by atoms with Crippen LogP contribution in [0, 0.1) is 13.8 Å². The van der Waals surface area contributed by atoms with E-state index in [0.717, 1.165) is 42.2 Å². The molecule has 2 amide bonds. The third kappa shape index (κ3) is 3.45. The Morgan fingerprint density at radius 2 is 2.16 bits per heavy atom. The van der Waals surface area contributed by atoms with Crippen molar-refractivity contribution in [1.82, 2.24) is 15.1 Å². The van der Waals surface area contributed by atoms with Crippen molar-refractivity contribution in [1.29, 1.82) is 0 Å². The SMILES string of the molecule is Cc1cc([C@H](C)C(=O)N2CCC[C@@H](c3cc(C(N)=O)n[nH]3)C2)c(C)o1. The van der Waals surface area contributed by atoms with Gasteiger partial charge in [-0.3, -0.25) is 14.7 Å².